The Hall–Kier alpha value is -1.37. The molecule has 0 unspecified atom stereocenters. The van der Waals surface area contributed by atoms with Gasteiger partial charge >= 0.3 is 7.12 Å². The van der Waals surface area contributed by atoms with Crippen molar-refractivity contribution >= 4 is 18.5 Å². The molecule has 1 aromatic carbocycles. The number of nitrogens with zero attached hydrogens (tertiary/aromatic N) is 2. The van der Waals surface area contributed by atoms with Gasteiger partial charge < -0.3 is 19.8 Å². The SMILES string of the molecule is CCN1CCN(C(=O)c2ccc(B(O)O)cc2)CC1. The van der Waals surface area contributed by atoms with E-state index in [-0.39, 0.29) is 5.91 Å². The van der Waals surface area contributed by atoms with Crippen LogP contribution in [0.4, 0.5) is 0 Å². The number of hydrogen-bond donors (Lipinski definition) is 2. The highest BCUT2D eigenvalue weighted by Crippen LogP contribution is 2.08. The van der Waals surface area contributed by atoms with Gasteiger partial charge in [0, 0.05) is 31.7 Å². The summed E-state index contributed by atoms with van der Waals surface area (Å²) in [4.78, 5) is 16.4. The Morgan fingerprint density at radius 3 is 2.21 bits per heavy atom. The van der Waals surface area contributed by atoms with Crippen LogP contribution >= 0.6 is 0 Å². The average Bonchev–Trinajstić information content (AvgIpc) is 2.46. The molecule has 1 aliphatic heterocycles. The molecule has 0 aromatic heterocycles. The van der Waals surface area contributed by atoms with Crippen molar-refractivity contribution in [3.8, 4) is 0 Å². The molecule has 1 saturated heterocycles. The van der Waals surface area contributed by atoms with Crippen LogP contribution in [-0.2, 0) is 0 Å². The van der Waals surface area contributed by atoms with E-state index in [2.05, 4.69) is 11.8 Å². The minimum atomic E-state index is -1.49. The van der Waals surface area contributed by atoms with Crippen molar-refractivity contribution in [3.63, 3.8) is 0 Å². The number of benzene rings is 1. The molecule has 2 rings (SSSR count). The summed E-state index contributed by atoms with van der Waals surface area (Å²) >= 11 is 0. The molecule has 1 aliphatic rings. The Balaban J connectivity index is 2.00. The number of hydrogen-bond acceptors (Lipinski definition) is 4. The van der Waals surface area contributed by atoms with Gasteiger partial charge in [0.25, 0.3) is 5.91 Å². The quantitative estimate of drug-likeness (QED) is 0.696. The van der Waals surface area contributed by atoms with Crippen LogP contribution in [0.2, 0.25) is 0 Å². The van der Waals surface area contributed by atoms with E-state index < -0.39 is 7.12 Å². The molecular formula is C13H19BN2O3. The lowest BCUT2D eigenvalue weighted by Gasteiger charge is -2.34. The maximum atomic E-state index is 12.3. The van der Waals surface area contributed by atoms with Crippen molar-refractivity contribution in [3.05, 3.63) is 29.8 Å². The molecule has 6 heteroatoms. The number of carbonyl (C=O) groups excluding carboxylic acids is 1. The Morgan fingerprint density at radius 2 is 1.74 bits per heavy atom. The first kappa shape index (κ1) is 14.1. The second-order valence-electron chi connectivity index (χ2n) is 4.72. The Bertz CT molecular complexity index is 428. The Labute approximate surface area is 113 Å². The third kappa shape index (κ3) is 3.35. The van der Waals surface area contributed by atoms with Gasteiger partial charge in [-0.15, -0.1) is 0 Å². The summed E-state index contributed by atoms with van der Waals surface area (Å²) in [6.45, 7) is 6.46. The first-order valence-corrected chi connectivity index (χ1v) is 6.59. The van der Waals surface area contributed by atoms with Crippen molar-refractivity contribution in [1.82, 2.24) is 9.80 Å². The fourth-order valence-corrected chi connectivity index (χ4v) is 2.25. The Kier molecular flexibility index (Phi) is 4.58. The minimum Gasteiger partial charge on any atom is -0.423 e. The molecule has 5 nitrogen and oxygen atoms in total. The number of amides is 1. The van der Waals surface area contributed by atoms with Gasteiger partial charge in [-0.3, -0.25) is 4.79 Å². The maximum absolute atomic E-state index is 12.3. The second kappa shape index (κ2) is 6.19. The van der Waals surface area contributed by atoms with Gasteiger partial charge in [0.15, 0.2) is 0 Å². The topological polar surface area (TPSA) is 64.0 Å². The van der Waals surface area contributed by atoms with E-state index in [9.17, 15) is 4.79 Å². The van der Waals surface area contributed by atoms with Crippen molar-refractivity contribution in [2.45, 2.75) is 6.92 Å². The smallest absolute Gasteiger partial charge is 0.423 e. The zero-order valence-corrected chi connectivity index (χ0v) is 11.1. The first-order chi connectivity index (χ1) is 9.11. The highest BCUT2D eigenvalue weighted by Gasteiger charge is 2.21. The molecule has 2 N–H and O–H groups in total. The maximum Gasteiger partial charge on any atom is 0.488 e. The highest BCUT2D eigenvalue weighted by atomic mass is 16.4. The molecule has 102 valence electrons. The molecule has 0 spiro atoms. The van der Waals surface area contributed by atoms with Crippen molar-refractivity contribution < 1.29 is 14.8 Å². The van der Waals surface area contributed by atoms with Crippen LogP contribution in [0.15, 0.2) is 24.3 Å². The molecular weight excluding hydrogens is 243 g/mol. The van der Waals surface area contributed by atoms with E-state index in [1.165, 1.54) is 0 Å². The second-order valence-corrected chi connectivity index (χ2v) is 4.72. The molecule has 1 amide bonds. The van der Waals surface area contributed by atoms with Crippen molar-refractivity contribution in [1.29, 1.82) is 0 Å². The van der Waals surface area contributed by atoms with Gasteiger partial charge in [0.1, 0.15) is 0 Å². The zero-order chi connectivity index (χ0) is 13.8. The summed E-state index contributed by atoms with van der Waals surface area (Å²) in [7, 11) is -1.49. The molecule has 0 bridgehead atoms. The largest absolute Gasteiger partial charge is 0.488 e. The lowest BCUT2D eigenvalue weighted by atomic mass is 9.80. The van der Waals surface area contributed by atoms with Crippen LogP contribution in [-0.4, -0.2) is 65.6 Å². The third-order valence-electron chi connectivity index (χ3n) is 3.56. The van der Waals surface area contributed by atoms with Crippen LogP contribution in [0, 0.1) is 0 Å². The summed E-state index contributed by atoms with van der Waals surface area (Å²) < 4.78 is 0. The van der Waals surface area contributed by atoms with Crippen LogP contribution in [0.5, 0.6) is 0 Å². The fourth-order valence-electron chi connectivity index (χ4n) is 2.25. The van der Waals surface area contributed by atoms with Crippen molar-refractivity contribution in [2.75, 3.05) is 32.7 Å². The summed E-state index contributed by atoms with van der Waals surface area (Å²) in [5, 5.41) is 18.0. The third-order valence-corrected chi connectivity index (χ3v) is 3.56. The highest BCUT2D eigenvalue weighted by molar-refractivity contribution is 6.58. The van der Waals surface area contributed by atoms with E-state index in [1.54, 1.807) is 24.3 Å². The fraction of sp³-hybridized carbons (Fsp3) is 0.462. The van der Waals surface area contributed by atoms with E-state index in [0.717, 1.165) is 32.7 Å². The molecule has 0 aliphatic carbocycles. The number of likely N-dealkylation sites (N-methyl/N-ethyl adjacent to an activating group) is 1. The zero-order valence-electron chi connectivity index (χ0n) is 11.1. The van der Waals surface area contributed by atoms with Crippen molar-refractivity contribution in [2.24, 2.45) is 0 Å². The van der Waals surface area contributed by atoms with Gasteiger partial charge in [-0.1, -0.05) is 19.1 Å². The molecule has 19 heavy (non-hydrogen) atoms. The Morgan fingerprint density at radius 1 is 1.16 bits per heavy atom. The first-order valence-electron chi connectivity index (χ1n) is 6.59. The molecule has 0 radical (unpaired) electrons. The van der Waals surface area contributed by atoms with E-state index in [0.29, 0.717) is 11.0 Å². The number of piperazine rings is 1. The van der Waals surface area contributed by atoms with E-state index in [4.69, 9.17) is 10.0 Å². The van der Waals surface area contributed by atoms with Crippen LogP contribution in [0.25, 0.3) is 0 Å². The lowest BCUT2D eigenvalue weighted by molar-refractivity contribution is 0.0643. The number of rotatable bonds is 3. The normalized spacial score (nSPS) is 16.5. The standard InChI is InChI=1S/C13H19BN2O3/c1-2-15-7-9-16(10-8-15)13(17)11-3-5-12(6-4-11)14(18)19/h3-6,18-19H,2,7-10H2,1H3. The summed E-state index contributed by atoms with van der Waals surface area (Å²) in [5.41, 5.74) is 0.988. The van der Waals surface area contributed by atoms with Gasteiger partial charge in [-0.25, -0.2) is 0 Å². The minimum absolute atomic E-state index is 0.00901. The summed E-state index contributed by atoms with van der Waals surface area (Å²) in [6, 6.07) is 6.42. The van der Waals surface area contributed by atoms with Crippen LogP contribution < -0.4 is 5.46 Å². The van der Waals surface area contributed by atoms with Crippen LogP contribution in [0.1, 0.15) is 17.3 Å². The predicted molar refractivity (Wildman–Crippen MR) is 74.3 cm³/mol. The van der Waals surface area contributed by atoms with E-state index in [1.807, 2.05) is 4.90 Å². The van der Waals surface area contributed by atoms with E-state index >= 15 is 0 Å². The molecule has 1 heterocycles. The monoisotopic (exact) mass is 262 g/mol. The number of carbonyl (C=O) groups is 1. The van der Waals surface area contributed by atoms with Gasteiger partial charge in [0.05, 0.1) is 0 Å². The van der Waals surface area contributed by atoms with Crippen LogP contribution in [0.3, 0.4) is 0 Å². The molecule has 0 saturated carbocycles. The average molecular weight is 262 g/mol. The molecule has 1 aromatic rings. The summed E-state index contributed by atoms with van der Waals surface area (Å²) in [5.74, 6) is 0.00901. The molecule has 1 fully saturated rings. The lowest BCUT2D eigenvalue weighted by Crippen LogP contribution is -2.48. The van der Waals surface area contributed by atoms with Gasteiger partial charge in [-0.05, 0) is 24.1 Å². The molecule has 0 atom stereocenters. The van der Waals surface area contributed by atoms with Gasteiger partial charge in [0.2, 0.25) is 0 Å². The van der Waals surface area contributed by atoms with Gasteiger partial charge in [-0.2, -0.15) is 0 Å². The summed E-state index contributed by atoms with van der Waals surface area (Å²) in [6.07, 6.45) is 0. The predicted octanol–water partition coefficient (Wildman–Crippen LogP) is -0.856.